The molecule has 0 spiro atoms. The van der Waals surface area contributed by atoms with E-state index in [-0.39, 0.29) is 17.2 Å². The van der Waals surface area contributed by atoms with Gasteiger partial charge in [-0.3, -0.25) is 9.59 Å². The Morgan fingerprint density at radius 1 is 1.30 bits per heavy atom. The van der Waals surface area contributed by atoms with Gasteiger partial charge in [-0.05, 0) is 24.3 Å². The largest absolute Gasteiger partial charge is 0.481 e. The van der Waals surface area contributed by atoms with Gasteiger partial charge < -0.3 is 10.4 Å². The van der Waals surface area contributed by atoms with Gasteiger partial charge in [0.2, 0.25) is 5.91 Å². The van der Waals surface area contributed by atoms with Crippen LogP contribution in [0.2, 0.25) is 0 Å². The Morgan fingerprint density at radius 3 is 2.65 bits per heavy atom. The molecule has 0 unspecified atom stereocenters. The first-order valence-electron chi connectivity index (χ1n) is 5.93. The van der Waals surface area contributed by atoms with Crippen LogP contribution in [-0.2, 0) is 19.6 Å². The van der Waals surface area contributed by atoms with Crippen molar-refractivity contribution in [1.29, 1.82) is 0 Å². The minimum absolute atomic E-state index is 0.0564. The quantitative estimate of drug-likeness (QED) is 0.570. The van der Waals surface area contributed by atoms with Gasteiger partial charge in [0.25, 0.3) is 10.0 Å². The summed E-state index contributed by atoms with van der Waals surface area (Å²) < 4.78 is 25.8. The maximum Gasteiger partial charge on any atom is 0.303 e. The van der Waals surface area contributed by atoms with Crippen LogP contribution in [0, 0.1) is 0 Å². The van der Waals surface area contributed by atoms with Gasteiger partial charge in [-0.15, -0.1) is 11.3 Å². The molecule has 20 heavy (non-hydrogen) atoms. The number of rotatable bonds is 9. The second kappa shape index (κ2) is 7.98. The third-order valence-corrected chi connectivity index (χ3v) is 5.12. The van der Waals surface area contributed by atoms with Gasteiger partial charge in [-0.2, -0.15) is 0 Å². The van der Waals surface area contributed by atoms with E-state index in [0.29, 0.717) is 19.4 Å². The van der Waals surface area contributed by atoms with Crippen molar-refractivity contribution in [2.24, 2.45) is 0 Å². The predicted molar refractivity (Wildman–Crippen MR) is 74.0 cm³/mol. The molecule has 0 atom stereocenters. The number of nitrogens with one attached hydrogen (secondary N) is 2. The van der Waals surface area contributed by atoms with Crippen LogP contribution in [0.4, 0.5) is 0 Å². The smallest absolute Gasteiger partial charge is 0.303 e. The van der Waals surface area contributed by atoms with Crippen molar-refractivity contribution < 1.29 is 23.1 Å². The summed E-state index contributed by atoms with van der Waals surface area (Å²) >= 11 is 1.07. The van der Waals surface area contributed by atoms with E-state index < -0.39 is 21.9 Å². The zero-order valence-corrected chi connectivity index (χ0v) is 12.3. The number of carboxylic acid groups (broad SMARTS) is 1. The van der Waals surface area contributed by atoms with Gasteiger partial charge in [-0.1, -0.05) is 6.07 Å². The number of amides is 1. The average Bonchev–Trinajstić information content (AvgIpc) is 2.90. The van der Waals surface area contributed by atoms with E-state index in [1.54, 1.807) is 11.4 Å². The number of carboxylic acids is 1. The van der Waals surface area contributed by atoms with Crippen LogP contribution in [0.25, 0.3) is 0 Å². The number of hydrogen-bond acceptors (Lipinski definition) is 5. The number of carbonyl (C=O) groups excluding carboxylic acids is 1. The van der Waals surface area contributed by atoms with E-state index in [1.807, 2.05) is 0 Å². The zero-order chi connectivity index (χ0) is 15.0. The number of carbonyl (C=O) groups is 2. The van der Waals surface area contributed by atoms with Crippen LogP contribution in [0.3, 0.4) is 0 Å². The van der Waals surface area contributed by atoms with E-state index in [4.69, 9.17) is 5.11 Å². The number of thiophene rings is 1. The fourth-order valence-electron chi connectivity index (χ4n) is 1.34. The monoisotopic (exact) mass is 320 g/mol. The molecular weight excluding hydrogens is 304 g/mol. The third-order valence-electron chi connectivity index (χ3n) is 2.32. The average molecular weight is 320 g/mol. The highest BCUT2D eigenvalue weighted by molar-refractivity contribution is 7.91. The van der Waals surface area contributed by atoms with Gasteiger partial charge in [0.15, 0.2) is 0 Å². The van der Waals surface area contributed by atoms with E-state index in [2.05, 4.69) is 10.0 Å². The Kier molecular flexibility index (Phi) is 6.62. The van der Waals surface area contributed by atoms with E-state index in [9.17, 15) is 18.0 Å². The summed E-state index contributed by atoms with van der Waals surface area (Å²) in [7, 11) is -3.63. The van der Waals surface area contributed by atoms with Crippen molar-refractivity contribution >= 4 is 33.2 Å². The Labute approximate surface area is 121 Å². The second-order valence-corrected chi connectivity index (χ2v) is 6.90. The first-order chi connectivity index (χ1) is 9.42. The van der Waals surface area contributed by atoms with Crippen molar-refractivity contribution in [2.45, 2.75) is 23.5 Å². The normalized spacial score (nSPS) is 11.2. The van der Waals surface area contributed by atoms with Crippen LogP contribution in [0.15, 0.2) is 21.7 Å². The Bertz CT molecular complexity index is 539. The molecule has 1 aromatic heterocycles. The zero-order valence-electron chi connectivity index (χ0n) is 10.7. The van der Waals surface area contributed by atoms with Crippen LogP contribution in [0.1, 0.15) is 19.3 Å². The van der Waals surface area contributed by atoms with Crippen LogP contribution < -0.4 is 10.0 Å². The van der Waals surface area contributed by atoms with Gasteiger partial charge in [0, 0.05) is 13.0 Å². The Hall–Kier alpha value is -1.45. The molecule has 112 valence electrons. The first kappa shape index (κ1) is 16.6. The maximum absolute atomic E-state index is 11.7. The van der Waals surface area contributed by atoms with Crippen LogP contribution in [0.5, 0.6) is 0 Å². The van der Waals surface area contributed by atoms with Gasteiger partial charge >= 0.3 is 5.97 Å². The summed E-state index contributed by atoms with van der Waals surface area (Å²) in [6.45, 7) is -0.00793. The van der Waals surface area contributed by atoms with Crippen LogP contribution in [-0.4, -0.2) is 38.5 Å². The lowest BCUT2D eigenvalue weighted by Gasteiger charge is -2.06. The summed E-state index contributed by atoms with van der Waals surface area (Å²) in [5, 5.41) is 12.6. The molecule has 0 saturated heterocycles. The number of aliphatic carboxylic acids is 1. The molecule has 1 rings (SSSR count). The molecule has 0 aliphatic rings. The summed E-state index contributed by atoms with van der Waals surface area (Å²) in [5.41, 5.74) is 0. The molecule has 0 radical (unpaired) electrons. The highest BCUT2D eigenvalue weighted by Crippen LogP contribution is 2.14. The first-order valence-corrected chi connectivity index (χ1v) is 8.30. The number of unbranched alkanes of at least 4 members (excludes halogenated alkanes) is 1. The highest BCUT2D eigenvalue weighted by atomic mass is 32.2. The second-order valence-electron chi connectivity index (χ2n) is 3.96. The summed E-state index contributed by atoms with van der Waals surface area (Å²) in [5.74, 6) is -1.32. The molecule has 0 aliphatic carbocycles. The van der Waals surface area contributed by atoms with Crippen molar-refractivity contribution in [1.82, 2.24) is 10.0 Å². The van der Waals surface area contributed by atoms with Gasteiger partial charge in [-0.25, -0.2) is 13.1 Å². The fraction of sp³-hybridized carbons (Fsp3) is 0.455. The molecule has 1 aromatic rings. The maximum atomic E-state index is 11.7. The summed E-state index contributed by atoms with van der Waals surface area (Å²) in [6.07, 6.45) is 1.06. The SMILES string of the molecule is O=C(O)CCCCNC(=O)CNS(=O)(=O)c1cccs1. The third kappa shape index (κ3) is 6.13. The molecule has 0 saturated carbocycles. The topological polar surface area (TPSA) is 113 Å². The lowest BCUT2D eigenvalue weighted by Crippen LogP contribution is -2.37. The molecule has 9 heteroatoms. The minimum atomic E-state index is -3.63. The van der Waals surface area contributed by atoms with Crippen LogP contribution >= 0.6 is 11.3 Å². The van der Waals surface area contributed by atoms with Crippen molar-refractivity contribution in [3.8, 4) is 0 Å². The Morgan fingerprint density at radius 2 is 2.05 bits per heavy atom. The number of sulfonamides is 1. The van der Waals surface area contributed by atoms with Gasteiger partial charge in [0.1, 0.15) is 4.21 Å². The summed E-state index contributed by atoms with van der Waals surface area (Å²) in [4.78, 5) is 21.7. The molecule has 1 amide bonds. The van der Waals surface area contributed by atoms with E-state index in [1.165, 1.54) is 6.07 Å². The molecule has 0 bridgehead atoms. The van der Waals surface area contributed by atoms with E-state index in [0.717, 1.165) is 11.3 Å². The van der Waals surface area contributed by atoms with Crippen molar-refractivity contribution in [2.75, 3.05) is 13.1 Å². The Balaban J connectivity index is 2.22. The van der Waals surface area contributed by atoms with E-state index >= 15 is 0 Å². The lowest BCUT2D eigenvalue weighted by molar-refractivity contribution is -0.137. The number of hydrogen-bond donors (Lipinski definition) is 3. The highest BCUT2D eigenvalue weighted by Gasteiger charge is 2.15. The van der Waals surface area contributed by atoms with Crippen molar-refractivity contribution in [3.05, 3.63) is 17.5 Å². The molecular formula is C11H16N2O5S2. The minimum Gasteiger partial charge on any atom is -0.481 e. The molecule has 3 N–H and O–H groups in total. The van der Waals surface area contributed by atoms with Gasteiger partial charge in [0.05, 0.1) is 6.54 Å². The molecule has 0 aromatic carbocycles. The molecule has 0 fully saturated rings. The molecule has 1 heterocycles. The predicted octanol–water partition coefficient (Wildman–Crippen LogP) is 0.398. The molecule has 0 aliphatic heterocycles. The van der Waals surface area contributed by atoms with Crippen molar-refractivity contribution in [3.63, 3.8) is 0 Å². The lowest BCUT2D eigenvalue weighted by atomic mass is 10.2. The molecule has 7 nitrogen and oxygen atoms in total. The summed E-state index contributed by atoms with van der Waals surface area (Å²) in [6, 6.07) is 3.07. The fourth-order valence-corrected chi connectivity index (χ4v) is 3.36. The standard InChI is InChI=1S/C11H16N2O5S2/c14-9(12-6-2-1-4-10(15)16)8-13-20(17,18)11-5-3-7-19-11/h3,5,7,13H,1-2,4,6,8H2,(H,12,14)(H,15,16).